The van der Waals surface area contributed by atoms with Crippen molar-refractivity contribution in [2.24, 2.45) is 0 Å². The lowest BCUT2D eigenvalue weighted by Gasteiger charge is -2.23. The summed E-state index contributed by atoms with van der Waals surface area (Å²) in [4.78, 5) is 13.4. The van der Waals surface area contributed by atoms with Gasteiger partial charge in [0.2, 0.25) is 0 Å². The molecule has 0 saturated heterocycles. The second-order valence-electron chi connectivity index (χ2n) is 7.40. The van der Waals surface area contributed by atoms with Crippen molar-refractivity contribution in [1.82, 2.24) is 29.3 Å². The van der Waals surface area contributed by atoms with Crippen LogP contribution in [0.4, 0.5) is 4.39 Å². The number of hydrogen-bond acceptors (Lipinski definition) is 6. The van der Waals surface area contributed by atoms with E-state index in [-0.39, 0.29) is 11.9 Å². The minimum atomic E-state index is -0.376. The molecule has 0 fully saturated rings. The highest BCUT2D eigenvalue weighted by molar-refractivity contribution is 5.67. The molecule has 0 spiro atoms. The smallest absolute Gasteiger partial charge is 0.180 e. The van der Waals surface area contributed by atoms with Crippen molar-refractivity contribution >= 4 is 12.2 Å². The van der Waals surface area contributed by atoms with Gasteiger partial charge in [0.15, 0.2) is 23.2 Å². The largest absolute Gasteiger partial charge is 0.493 e. The van der Waals surface area contributed by atoms with Gasteiger partial charge in [-0.15, -0.1) is 0 Å². The molecule has 1 atom stereocenters. The van der Waals surface area contributed by atoms with E-state index >= 15 is 0 Å². The molecule has 1 aliphatic rings. The molecule has 0 amide bonds. The molecule has 162 valence electrons. The number of ether oxygens (including phenoxy) is 2. The molecule has 9 heteroatoms. The first-order valence-corrected chi connectivity index (χ1v) is 10.2. The topological polar surface area (TPSA) is 79.9 Å². The highest BCUT2D eigenvalue weighted by Gasteiger charge is 2.26. The Kier molecular flexibility index (Phi) is 5.24. The highest BCUT2D eigenvalue weighted by atomic mass is 19.1. The van der Waals surface area contributed by atoms with Crippen LogP contribution in [0, 0.1) is 12.7 Å². The molecule has 5 rings (SSSR count). The van der Waals surface area contributed by atoms with Crippen molar-refractivity contribution in [3.05, 3.63) is 83.3 Å². The Morgan fingerprint density at radius 3 is 2.78 bits per heavy atom. The van der Waals surface area contributed by atoms with Crippen LogP contribution < -0.4 is 4.74 Å². The Hall–Kier alpha value is -3.85. The maximum atomic E-state index is 13.3. The molecule has 0 N–H and O–H groups in total. The monoisotopic (exact) mass is 432 g/mol. The number of imidazole rings is 1. The van der Waals surface area contributed by atoms with Crippen LogP contribution >= 0.6 is 0 Å². The standard InChI is InChI=1S/C23H21FN6O2/c1-15-13-29(14-26-15)22-19(31-2)11-16(12-25-22)3-8-20-27-23-21(32-10-9-30(23)28-20)17-4-6-18(24)7-5-17/h3-8,11-14,21H,9-10H2,1-2H3/t21-/m0/s1. The molecule has 0 radical (unpaired) electrons. The quantitative estimate of drug-likeness (QED) is 0.479. The lowest BCUT2D eigenvalue weighted by molar-refractivity contribution is 0.0389. The third kappa shape index (κ3) is 3.90. The van der Waals surface area contributed by atoms with Gasteiger partial charge in [-0.25, -0.2) is 24.0 Å². The van der Waals surface area contributed by atoms with Crippen LogP contribution in [-0.4, -0.2) is 43.0 Å². The lowest BCUT2D eigenvalue weighted by atomic mass is 10.1. The normalized spacial score (nSPS) is 15.8. The fraction of sp³-hybridized carbons (Fsp3) is 0.217. The molecule has 1 aliphatic heterocycles. The van der Waals surface area contributed by atoms with Gasteiger partial charge in [0, 0.05) is 12.4 Å². The zero-order chi connectivity index (χ0) is 22.1. The van der Waals surface area contributed by atoms with E-state index in [9.17, 15) is 4.39 Å². The van der Waals surface area contributed by atoms with Crippen LogP contribution in [0.15, 0.2) is 49.1 Å². The Morgan fingerprint density at radius 1 is 1.19 bits per heavy atom. The van der Waals surface area contributed by atoms with Gasteiger partial charge in [-0.1, -0.05) is 12.1 Å². The summed E-state index contributed by atoms with van der Waals surface area (Å²) in [5.41, 5.74) is 2.59. The maximum Gasteiger partial charge on any atom is 0.180 e. The van der Waals surface area contributed by atoms with E-state index in [0.717, 1.165) is 16.8 Å². The lowest BCUT2D eigenvalue weighted by Crippen LogP contribution is -2.23. The summed E-state index contributed by atoms with van der Waals surface area (Å²) in [6.07, 6.45) is 8.68. The number of aromatic nitrogens is 6. The second-order valence-corrected chi connectivity index (χ2v) is 7.40. The molecule has 0 aliphatic carbocycles. The van der Waals surface area contributed by atoms with Crippen molar-refractivity contribution in [2.75, 3.05) is 13.7 Å². The maximum absolute atomic E-state index is 13.3. The number of aryl methyl sites for hydroxylation is 1. The molecule has 8 nitrogen and oxygen atoms in total. The Bertz CT molecular complexity index is 1280. The van der Waals surface area contributed by atoms with E-state index in [4.69, 9.17) is 9.47 Å². The van der Waals surface area contributed by atoms with Crippen LogP contribution in [0.1, 0.15) is 34.6 Å². The average molecular weight is 432 g/mol. The summed E-state index contributed by atoms with van der Waals surface area (Å²) in [7, 11) is 1.61. The Balaban J connectivity index is 1.40. The molecule has 4 aromatic rings. The highest BCUT2D eigenvalue weighted by Crippen LogP contribution is 2.28. The number of nitrogens with zero attached hydrogens (tertiary/aromatic N) is 6. The van der Waals surface area contributed by atoms with Gasteiger partial charge < -0.3 is 9.47 Å². The summed E-state index contributed by atoms with van der Waals surface area (Å²) in [6, 6.07) is 8.16. The first kappa shape index (κ1) is 20.1. The van der Waals surface area contributed by atoms with Crippen molar-refractivity contribution in [3.8, 4) is 11.6 Å². The summed E-state index contributed by atoms with van der Waals surface area (Å²) in [5, 5.41) is 4.57. The molecule has 1 aromatic carbocycles. The molecule has 4 heterocycles. The number of rotatable bonds is 5. The minimum Gasteiger partial charge on any atom is -0.493 e. The van der Waals surface area contributed by atoms with Crippen molar-refractivity contribution in [1.29, 1.82) is 0 Å². The second kappa shape index (κ2) is 8.35. The SMILES string of the molecule is COc1cc(C=Cc2nc3n(n2)CCO[C@H]3c2ccc(F)cc2)cnc1-n1cnc(C)c1. The molecule has 0 unspecified atom stereocenters. The molecule has 3 aromatic heterocycles. The molecule has 0 bridgehead atoms. The van der Waals surface area contributed by atoms with Crippen molar-refractivity contribution in [3.63, 3.8) is 0 Å². The fourth-order valence-corrected chi connectivity index (χ4v) is 3.61. The Morgan fingerprint density at radius 2 is 2.03 bits per heavy atom. The average Bonchev–Trinajstić information content (AvgIpc) is 3.43. The van der Waals surface area contributed by atoms with Crippen LogP contribution in [0.5, 0.6) is 5.75 Å². The predicted molar refractivity (Wildman–Crippen MR) is 116 cm³/mol. The van der Waals surface area contributed by atoms with E-state index in [1.165, 1.54) is 12.1 Å². The van der Waals surface area contributed by atoms with Crippen molar-refractivity contribution < 1.29 is 13.9 Å². The number of halogens is 1. The van der Waals surface area contributed by atoms with E-state index in [2.05, 4.69) is 20.1 Å². The number of pyridine rings is 1. The first-order valence-electron chi connectivity index (χ1n) is 10.2. The van der Waals surface area contributed by atoms with Gasteiger partial charge in [0.05, 0.1) is 26.0 Å². The van der Waals surface area contributed by atoms with Crippen LogP contribution in [0.2, 0.25) is 0 Å². The number of methoxy groups -OCH3 is 1. The summed E-state index contributed by atoms with van der Waals surface area (Å²) < 4.78 is 28.4. The first-order chi connectivity index (χ1) is 15.6. The fourth-order valence-electron chi connectivity index (χ4n) is 3.61. The molecule has 0 saturated carbocycles. The molecule has 32 heavy (non-hydrogen) atoms. The summed E-state index contributed by atoms with van der Waals surface area (Å²) in [6.45, 7) is 3.04. The van der Waals surface area contributed by atoms with E-state index in [1.54, 1.807) is 31.8 Å². The zero-order valence-corrected chi connectivity index (χ0v) is 17.6. The Labute approximate surface area is 184 Å². The number of fused-ring (bicyclic) bond motifs is 1. The van der Waals surface area contributed by atoms with Gasteiger partial charge in [0.1, 0.15) is 18.2 Å². The molecular formula is C23H21FN6O2. The van der Waals surface area contributed by atoms with Gasteiger partial charge in [-0.3, -0.25) is 4.57 Å². The van der Waals surface area contributed by atoms with Gasteiger partial charge in [-0.2, -0.15) is 5.10 Å². The van der Waals surface area contributed by atoms with Gasteiger partial charge >= 0.3 is 0 Å². The zero-order valence-electron chi connectivity index (χ0n) is 17.6. The third-order valence-corrected chi connectivity index (χ3v) is 5.17. The summed E-state index contributed by atoms with van der Waals surface area (Å²) in [5.74, 6) is 2.27. The third-order valence-electron chi connectivity index (χ3n) is 5.17. The van der Waals surface area contributed by atoms with Crippen LogP contribution in [-0.2, 0) is 11.3 Å². The predicted octanol–water partition coefficient (Wildman–Crippen LogP) is 3.60. The minimum absolute atomic E-state index is 0.284. The number of hydrogen-bond donors (Lipinski definition) is 0. The van der Waals surface area contributed by atoms with Gasteiger partial charge in [0.25, 0.3) is 0 Å². The van der Waals surface area contributed by atoms with Crippen molar-refractivity contribution in [2.45, 2.75) is 19.6 Å². The van der Waals surface area contributed by atoms with E-state index in [1.807, 2.05) is 40.6 Å². The van der Waals surface area contributed by atoms with Crippen LogP contribution in [0.3, 0.4) is 0 Å². The van der Waals surface area contributed by atoms with Gasteiger partial charge in [-0.05, 0) is 48.4 Å². The molecular weight excluding hydrogens is 411 g/mol. The number of benzene rings is 1. The van der Waals surface area contributed by atoms with E-state index < -0.39 is 0 Å². The van der Waals surface area contributed by atoms with Crippen LogP contribution in [0.25, 0.3) is 18.0 Å². The summed E-state index contributed by atoms with van der Waals surface area (Å²) >= 11 is 0. The van der Waals surface area contributed by atoms with E-state index in [0.29, 0.717) is 36.4 Å².